The van der Waals surface area contributed by atoms with Crippen molar-refractivity contribution in [1.82, 2.24) is 0 Å². The summed E-state index contributed by atoms with van der Waals surface area (Å²) in [6.07, 6.45) is 11.1. The Morgan fingerprint density at radius 3 is 2.35 bits per heavy atom. The van der Waals surface area contributed by atoms with E-state index in [1.165, 1.54) is 57.1 Å². The van der Waals surface area contributed by atoms with Crippen LogP contribution in [0.4, 0.5) is 5.69 Å². The van der Waals surface area contributed by atoms with Crippen molar-refractivity contribution in [3.8, 4) is 5.75 Å². The Kier molecular flexibility index (Phi) is 4.83. The van der Waals surface area contributed by atoms with Gasteiger partial charge >= 0.3 is 0 Å². The van der Waals surface area contributed by atoms with E-state index < -0.39 is 0 Å². The average molecular weight is 273 g/mol. The Balaban J connectivity index is 1.36. The van der Waals surface area contributed by atoms with Gasteiger partial charge < -0.3 is 10.1 Å². The molecule has 0 radical (unpaired) electrons. The van der Waals surface area contributed by atoms with Crippen LogP contribution >= 0.6 is 0 Å². The Bertz CT molecular complexity index is 390. The van der Waals surface area contributed by atoms with Crippen molar-refractivity contribution in [2.45, 2.75) is 51.4 Å². The molecule has 2 aliphatic carbocycles. The first kappa shape index (κ1) is 13.8. The van der Waals surface area contributed by atoms with Crippen LogP contribution in [0.5, 0.6) is 5.75 Å². The van der Waals surface area contributed by atoms with Gasteiger partial charge in [-0.1, -0.05) is 32.1 Å². The second-order valence-electron chi connectivity index (χ2n) is 6.49. The lowest BCUT2D eigenvalue weighted by atomic mass is 9.87. The molecule has 0 saturated heterocycles. The van der Waals surface area contributed by atoms with Crippen LogP contribution in [-0.4, -0.2) is 13.2 Å². The zero-order valence-electron chi connectivity index (χ0n) is 12.4. The number of hydrogen-bond acceptors (Lipinski definition) is 2. The maximum atomic E-state index is 5.87. The van der Waals surface area contributed by atoms with Gasteiger partial charge in [0.2, 0.25) is 0 Å². The molecular weight excluding hydrogens is 246 g/mol. The van der Waals surface area contributed by atoms with Crippen molar-refractivity contribution in [2.75, 3.05) is 18.5 Å². The van der Waals surface area contributed by atoms with E-state index in [1.807, 2.05) is 0 Å². The molecule has 3 rings (SSSR count). The first-order chi connectivity index (χ1) is 9.90. The Hall–Kier alpha value is -1.18. The maximum absolute atomic E-state index is 5.87. The fourth-order valence-corrected chi connectivity index (χ4v) is 3.07. The lowest BCUT2D eigenvalue weighted by Crippen LogP contribution is -2.10. The van der Waals surface area contributed by atoms with E-state index in [0.717, 1.165) is 30.7 Å². The molecule has 1 aromatic rings. The third kappa shape index (κ3) is 4.43. The summed E-state index contributed by atoms with van der Waals surface area (Å²) in [5.74, 6) is 2.84. The van der Waals surface area contributed by atoms with Crippen LogP contribution < -0.4 is 10.1 Å². The van der Waals surface area contributed by atoms with Crippen LogP contribution in [-0.2, 0) is 0 Å². The van der Waals surface area contributed by atoms with E-state index in [2.05, 4.69) is 29.6 Å². The first-order valence-electron chi connectivity index (χ1n) is 8.37. The van der Waals surface area contributed by atoms with Crippen molar-refractivity contribution in [3.05, 3.63) is 24.3 Å². The number of hydrogen-bond donors (Lipinski definition) is 1. The van der Waals surface area contributed by atoms with E-state index in [-0.39, 0.29) is 0 Å². The molecule has 2 saturated carbocycles. The summed E-state index contributed by atoms with van der Waals surface area (Å²) in [7, 11) is 0. The van der Waals surface area contributed by atoms with E-state index in [9.17, 15) is 0 Å². The van der Waals surface area contributed by atoms with Gasteiger partial charge in [-0.25, -0.2) is 0 Å². The lowest BCUT2D eigenvalue weighted by Gasteiger charge is -2.21. The van der Waals surface area contributed by atoms with E-state index in [4.69, 9.17) is 4.74 Å². The minimum atomic E-state index is 0.875. The molecule has 0 atom stereocenters. The summed E-state index contributed by atoms with van der Waals surface area (Å²) in [5.41, 5.74) is 1.22. The van der Waals surface area contributed by atoms with Gasteiger partial charge in [-0.15, -0.1) is 0 Å². The Labute approximate surface area is 122 Å². The van der Waals surface area contributed by atoms with Crippen molar-refractivity contribution in [2.24, 2.45) is 11.8 Å². The smallest absolute Gasteiger partial charge is 0.119 e. The van der Waals surface area contributed by atoms with Gasteiger partial charge in [0.15, 0.2) is 0 Å². The molecule has 20 heavy (non-hydrogen) atoms. The molecule has 0 aromatic heterocycles. The second kappa shape index (κ2) is 7.01. The highest BCUT2D eigenvalue weighted by Crippen LogP contribution is 2.29. The van der Waals surface area contributed by atoms with Crippen molar-refractivity contribution >= 4 is 5.69 Å². The van der Waals surface area contributed by atoms with Gasteiger partial charge in [-0.2, -0.15) is 0 Å². The monoisotopic (exact) mass is 273 g/mol. The quantitative estimate of drug-likeness (QED) is 0.766. The molecule has 2 nitrogen and oxygen atoms in total. The number of ether oxygens (including phenoxy) is 1. The number of benzene rings is 1. The van der Waals surface area contributed by atoms with Gasteiger partial charge in [0.25, 0.3) is 0 Å². The predicted molar refractivity (Wildman–Crippen MR) is 84.3 cm³/mol. The van der Waals surface area contributed by atoms with Crippen LogP contribution in [0.2, 0.25) is 0 Å². The van der Waals surface area contributed by atoms with Gasteiger partial charge in [-0.3, -0.25) is 0 Å². The second-order valence-corrected chi connectivity index (χ2v) is 6.49. The summed E-state index contributed by atoms with van der Waals surface area (Å²) in [4.78, 5) is 0. The minimum absolute atomic E-state index is 0.875. The summed E-state index contributed by atoms with van der Waals surface area (Å²) in [6, 6.07) is 8.46. The molecule has 2 heteroatoms. The van der Waals surface area contributed by atoms with Crippen molar-refractivity contribution in [3.63, 3.8) is 0 Å². The van der Waals surface area contributed by atoms with Crippen LogP contribution in [0.25, 0.3) is 0 Å². The topological polar surface area (TPSA) is 21.3 Å². The highest BCUT2D eigenvalue weighted by atomic mass is 16.5. The van der Waals surface area contributed by atoms with Crippen LogP contribution in [0.15, 0.2) is 24.3 Å². The molecule has 2 fully saturated rings. The zero-order chi connectivity index (χ0) is 13.6. The van der Waals surface area contributed by atoms with Crippen LogP contribution in [0, 0.1) is 11.8 Å². The van der Waals surface area contributed by atoms with Gasteiger partial charge in [0.05, 0.1) is 6.61 Å². The Morgan fingerprint density at radius 2 is 1.65 bits per heavy atom. The number of anilines is 1. The SMILES string of the molecule is c1cc(OCCC2CCCCC2)ccc1NCC1CC1. The van der Waals surface area contributed by atoms with Crippen molar-refractivity contribution < 1.29 is 4.74 Å². The number of nitrogens with one attached hydrogen (secondary N) is 1. The molecule has 0 amide bonds. The molecule has 1 aromatic carbocycles. The molecule has 0 heterocycles. The summed E-state index contributed by atoms with van der Waals surface area (Å²) >= 11 is 0. The molecule has 0 bridgehead atoms. The maximum Gasteiger partial charge on any atom is 0.119 e. The largest absolute Gasteiger partial charge is 0.494 e. The third-order valence-corrected chi connectivity index (χ3v) is 4.67. The summed E-state index contributed by atoms with van der Waals surface area (Å²) in [6.45, 7) is 2.00. The van der Waals surface area contributed by atoms with Gasteiger partial charge in [0.1, 0.15) is 5.75 Å². The zero-order valence-corrected chi connectivity index (χ0v) is 12.4. The molecular formula is C18H27NO. The predicted octanol–water partition coefficient (Wildman–Crippen LogP) is 4.86. The molecule has 110 valence electrons. The summed E-state index contributed by atoms with van der Waals surface area (Å²) < 4.78 is 5.87. The van der Waals surface area contributed by atoms with E-state index in [0.29, 0.717) is 0 Å². The van der Waals surface area contributed by atoms with Crippen molar-refractivity contribution in [1.29, 1.82) is 0 Å². The molecule has 1 N–H and O–H groups in total. The fourth-order valence-electron chi connectivity index (χ4n) is 3.07. The molecule has 0 unspecified atom stereocenters. The molecule has 0 spiro atoms. The first-order valence-corrected chi connectivity index (χ1v) is 8.37. The fraction of sp³-hybridized carbons (Fsp3) is 0.667. The Morgan fingerprint density at radius 1 is 0.900 bits per heavy atom. The molecule has 2 aliphatic rings. The van der Waals surface area contributed by atoms with E-state index in [1.54, 1.807) is 0 Å². The highest BCUT2D eigenvalue weighted by molar-refractivity contribution is 5.46. The normalized spacial score (nSPS) is 19.8. The van der Waals surface area contributed by atoms with E-state index >= 15 is 0 Å². The van der Waals surface area contributed by atoms with Crippen LogP contribution in [0.1, 0.15) is 51.4 Å². The lowest BCUT2D eigenvalue weighted by molar-refractivity contribution is 0.246. The van der Waals surface area contributed by atoms with Gasteiger partial charge in [0, 0.05) is 12.2 Å². The summed E-state index contributed by atoms with van der Waals surface area (Å²) in [5, 5.41) is 3.49. The average Bonchev–Trinajstić information content (AvgIpc) is 3.32. The highest BCUT2D eigenvalue weighted by Gasteiger charge is 2.20. The number of rotatable bonds is 7. The third-order valence-electron chi connectivity index (χ3n) is 4.67. The van der Waals surface area contributed by atoms with Gasteiger partial charge in [-0.05, 0) is 55.4 Å². The minimum Gasteiger partial charge on any atom is -0.494 e. The standard InChI is InChI=1S/C18H27NO/c1-2-4-15(5-3-1)12-13-20-18-10-8-17(9-11-18)19-14-16-6-7-16/h8-11,15-16,19H,1-7,12-14H2. The van der Waals surface area contributed by atoms with Crippen LogP contribution in [0.3, 0.4) is 0 Å². The molecule has 0 aliphatic heterocycles.